The fourth-order valence-corrected chi connectivity index (χ4v) is 2.43. The number of hydrogen-bond donors (Lipinski definition) is 2. The normalized spacial score (nSPS) is 18.5. The third-order valence-electron chi connectivity index (χ3n) is 3.31. The molecular formula is C14H20N2O. The standard InChI is InChI=1S/C14H20N2O/c15-10-4-9-14(17)16-13-8-3-6-11-5-1-2-7-12(11)13/h1-2,5,7,13H,3-4,6,8-10,15H2,(H,16,17). The third kappa shape index (κ3) is 3.07. The highest BCUT2D eigenvalue weighted by atomic mass is 16.1. The Balaban J connectivity index is 2.01. The molecule has 0 fully saturated rings. The smallest absolute Gasteiger partial charge is 0.220 e. The van der Waals surface area contributed by atoms with Crippen molar-refractivity contribution < 1.29 is 4.79 Å². The maximum atomic E-state index is 11.7. The van der Waals surface area contributed by atoms with Crippen LogP contribution < -0.4 is 11.1 Å². The van der Waals surface area contributed by atoms with Gasteiger partial charge in [0.05, 0.1) is 6.04 Å². The molecule has 17 heavy (non-hydrogen) atoms. The highest BCUT2D eigenvalue weighted by molar-refractivity contribution is 5.76. The number of nitrogens with two attached hydrogens (primary N) is 1. The SMILES string of the molecule is NCCCC(=O)NC1CCCc2ccccc21. The number of fused-ring (bicyclic) bond motifs is 1. The number of rotatable bonds is 4. The van der Waals surface area contributed by atoms with E-state index >= 15 is 0 Å². The Kier molecular flexibility index (Phi) is 4.15. The Morgan fingerprint density at radius 2 is 2.24 bits per heavy atom. The summed E-state index contributed by atoms with van der Waals surface area (Å²) in [5.41, 5.74) is 8.08. The van der Waals surface area contributed by atoms with E-state index in [1.54, 1.807) is 0 Å². The molecule has 2 rings (SSSR count). The molecule has 1 atom stereocenters. The van der Waals surface area contributed by atoms with Crippen LogP contribution in [0.4, 0.5) is 0 Å². The van der Waals surface area contributed by atoms with Gasteiger partial charge in [-0.25, -0.2) is 0 Å². The molecule has 0 spiro atoms. The van der Waals surface area contributed by atoms with Gasteiger partial charge in [0, 0.05) is 6.42 Å². The topological polar surface area (TPSA) is 55.1 Å². The van der Waals surface area contributed by atoms with Crippen molar-refractivity contribution in [3.63, 3.8) is 0 Å². The van der Waals surface area contributed by atoms with Gasteiger partial charge in [0.25, 0.3) is 0 Å². The molecular weight excluding hydrogens is 212 g/mol. The van der Waals surface area contributed by atoms with E-state index in [9.17, 15) is 4.79 Å². The van der Waals surface area contributed by atoms with Crippen LogP contribution in [0, 0.1) is 0 Å². The number of carbonyl (C=O) groups excluding carboxylic acids is 1. The van der Waals surface area contributed by atoms with E-state index in [0.717, 1.165) is 25.7 Å². The van der Waals surface area contributed by atoms with Gasteiger partial charge in [-0.2, -0.15) is 0 Å². The van der Waals surface area contributed by atoms with E-state index in [4.69, 9.17) is 5.73 Å². The Bertz CT molecular complexity index is 390. The quantitative estimate of drug-likeness (QED) is 0.833. The minimum atomic E-state index is 0.122. The fourth-order valence-electron chi connectivity index (χ4n) is 2.43. The number of amides is 1. The van der Waals surface area contributed by atoms with E-state index in [1.165, 1.54) is 11.1 Å². The van der Waals surface area contributed by atoms with Crippen LogP contribution in [0.15, 0.2) is 24.3 Å². The molecule has 1 aliphatic carbocycles. The number of hydrogen-bond acceptors (Lipinski definition) is 2. The molecule has 3 nitrogen and oxygen atoms in total. The highest BCUT2D eigenvalue weighted by Gasteiger charge is 2.20. The lowest BCUT2D eigenvalue weighted by Crippen LogP contribution is -2.31. The Morgan fingerprint density at radius 1 is 1.41 bits per heavy atom. The molecule has 0 bridgehead atoms. The van der Waals surface area contributed by atoms with Crippen molar-refractivity contribution in [1.29, 1.82) is 0 Å². The maximum Gasteiger partial charge on any atom is 0.220 e. The summed E-state index contributed by atoms with van der Waals surface area (Å²) in [7, 11) is 0. The molecule has 1 amide bonds. The number of benzene rings is 1. The predicted molar refractivity (Wildman–Crippen MR) is 68.6 cm³/mol. The second-order valence-corrected chi connectivity index (χ2v) is 4.60. The Hall–Kier alpha value is -1.35. The first-order valence-corrected chi connectivity index (χ1v) is 6.38. The summed E-state index contributed by atoms with van der Waals surface area (Å²) >= 11 is 0. The van der Waals surface area contributed by atoms with Gasteiger partial charge in [0.1, 0.15) is 0 Å². The number of carbonyl (C=O) groups is 1. The molecule has 0 aliphatic heterocycles. The molecule has 1 aromatic rings. The highest BCUT2D eigenvalue weighted by Crippen LogP contribution is 2.29. The van der Waals surface area contributed by atoms with Gasteiger partial charge < -0.3 is 11.1 Å². The zero-order valence-electron chi connectivity index (χ0n) is 10.1. The van der Waals surface area contributed by atoms with Crippen molar-refractivity contribution in [3.8, 4) is 0 Å². The van der Waals surface area contributed by atoms with Crippen LogP contribution >= 0.6 is 0 Å². The Morgan fingerprint density at radius 3 is 3.06 bits per heavy atom. The zero-order valence-corrected chi connectivity index (χ0v) is 10.1. The molecule has 0 saturated carbocycles. The van der Waals surface area contributed by atoms with Crippen LogP contribution in [0.25, 0.3) is 0 Å². The first kappa shape index (κ1) is 12.1. The second-order valence-electron chi connectivity index (χ2n) is 4.60. The number of aryl methyl sites for hydroxylation is 1. The average Bonchev–Trinajstić information content (AvgIpc) is 2.37. The Labute approximate surface area is 102 Å². The fraction of sp³-hybridized carbons (Fsp3) is 0.500. The van der Waals surface area contributed by atoms with Gasteiger partial charge >= 0.3 is 0 Å². The van der Waals surface area contributed by atoms with E-state index in [2.05, 4.69) is 23.5 Å². The summed E-state index contributed by atoms with van der Waals surface area (Å²) in [6.07, 6.45) is 4.63. The molecule has 1 unspecified atom stereocenters. The lowest BCUT2D eigenvalue weighted by molar-refractivity contribution is -0.122. The van der Waals surface area contributed by atoms with Gasteiger partial charge in [0.2, 0.25) is 5.91 Å². The summed E-state index contributed by atoms with van der Waals surface area (Å²) < 4.78 is 0. The summed E-state index contributed by atoms with van der Waals surface area (Å²) in [5, 5.41) is 3.12. The van der Waals surface area contributed by atoms with Crippen LogP contribution in [0.5, 0.6) is 0 Å². The van der Waals surface area contributed by atoms with E-state index in [-0.39, 0.29) is 11.9 Å². The molecule has 3 heteroatoms. The average molecular weight is 232 g/mol. The molecule has 0 heterocycles. The monoisotopic (exact) mass is 232 g/mol. The van der Waals surface area contributed by atoms with Gasteiger partial charge in [-0.15, -0.1) is 0 Å². The van der Waals surface area contributed by atoms with E-state index < -0.39 is 0 Å². The minimum Gasteiger partial charge on any atom is -0.349 e. The van der Waals surface area contributed by atoms with Gasteiger partial charge in [-0.3, -0.25) is 4.79 Å². The van der Waals surface area contributed by atoms with Crippen LogP contribution in [0.2, 0.25) is 0 Å². The molecule has 0 aromatic heterocycles. The van der Waals surface area contributed by atoms with E-state index in [0.29, 0.717) is 13.0 Å². The third-order valence-corrected chi connectivity index (χ3v) is 3.31. The van der Waals surface area contributed by atoms with Crippen LogP contribution in [0.1, 0.15) is 42.9 Å². The van der Waals surface area contributed by atoms with E-state index in [1.807, 2.05) is 6.07 Å². The summed E-state index contributed by atoms with van der Waals surface area (Å²) in [6, 6.07) is 8.60. The lowest BCUT2D eigenvalue weighted by Gasteiger charge is -2.26. The van der Waals surface area contributed by atoms with Gasteiger partial charge in [-0.05, 0) is 43.4 Å². The minimum absolute atomic E-state index is 0.122. The predicted octanol–water partition coefficient (Wildman–Crippen LogP) is 1.92. The lowest BCUT2D eigenvalue weighted by atomic mass is 9.87. The number of nitrogens with one attached hydrogen (secondary N) is 1. The van der Waals surface area contributed by atoms with Crippen LogP contribution in [-0.2, 0) is 11.2 Å². The molecule has 1 aromatic carbocycles. The van der Waals surface area contributed by atoms with Crippen molar-refractivity contribution in [2.45, 2.75) is 38.1 Å². The maximum absolute atomic E-state index is 11.7. The van der Waals surface area contributed by atoms with Crippen LogP contribution in [0.3, 0.4) is 0 Å². The summed E-state index contributed by atoms with van der Waals surface area (Å²) in [4.78, 5) is 11.7. The van der Waals surface area contributed by atoms with Crippen molar-refractivity contribution in [2.24, 2.45) is 5.73 Å². The van der Waals surface area contributed by atoms with Crippen molar-refractivity contribution in [1.82, 2.24) is 5.32 Å². The van der Waals surface area contributed by atoms with Crippen molar-refractivity contribution >= 4 is 5.91 Å². The molecule has 0 radical (unpaired) electrons. The second kappa shape index (κ2) is 5.82. The molecule has 3 N–H and O–H groups in total. The van der Waals surface area contributed by atoms with Crippen molar-refractivity contribution in [2.75, 3.05) is 6.54 Å². The van der Waals surface area contributed by atoms with Crippen molar-refractivity contribution in [3.05, 3.63) is 35.4 Å². The summed E-state index contributed by atoms with van der Waals surface area (Å²) in [5.74, 6) is 0.122. The largest absolute Gasteiger partial charge is 0.349 e. The zero-order chi connectivity index (χ0) is 12.1. The first-order chi connectivity index (χ1) is 8.31. The van der Waals surface area contributed by atoms with Gasteiger partial charge in [0.15, 0.2) is 0 Å². The molecule has 1 aliphatic rings. The molecule has 92 valence electrons. The van der Waals surface area contributed by atoms with Crippen LogP contribution in [-0.4, -0.2) is 12.5 Å². The molecule has 0 saturated heterocycles. The first-order valence-electron chi connectivity index (χ1n) is 6.38. The summed E-state index contributed by atoms with van der Waals surface area (Å²) in [6.45, 7) is 0.578. The van der Waals surface area contributed by atoms with Gasteiger partial charge in [-0.1, -0.05) is 24.3 Å².